The van der Waals surface area contributed by atoms with E-state index in [-0.39, 0.29) is 0 Å². The van der Waals surface area contributed by atoms with Crippen molar-refractivity contribution in [2.75, 3.05) is 18.5 Å². The molecule has 0 saturated heterocycles. The van der Waals surface area contributed by atoms with Crippen molar-refractivity contribution in [2.45, 2.75) is 13.1 Å². The maximum absolute atomic E-state index is 11.9. The molecule has 2 aromatic rings. The van der Waals surface area contributed by atoms with Gasteiger partial charge in [0.1, 0.15) is 6.54 Å². The molecule has 0 bridgehead atoms. The van der Waals surface area contributed by atoms with Gasteiger partial charge in [-0.15, -0.1) is 11.3 Å². The molecule has 11 heteroatoms. The van der Waals surface area contributed by atoms with Gasteiger partial charge in [0.2, 0.25) is 5.91 Å². The zero-order valence-corrected chi connectivity index (χ0v) is 14.9. The summed E-state index contributed by atoms with van der Waals surface area (Å²) in [7, 11) is 0. The summed E-state index contributed by atoms with van der Waals surface area (Å²) in [6.45, 7) is -0.452. The van der Waals surface area contributed by atoms with E-state index in [1.54, 1.807) is 24.3 Å². The van der Waals surface area contributed by atoms with Crippen LogP contribution in [-0.4, -0.2) is 36.3 Å². The van der Waals surface area contributed by atoms with E-state index in [0.717, 1.165) is 10.4 Å². The molecule has 0 spiro atoms. The second-order valence-corrected chi connectivity index (χ2v) is 6.66. The summed E-state index contributed by atoms with van der Waals surface area (Å²) >= 11 is 7.06. The first-order valence-electron chi connectivity index (χ1n) is 7.14. The summed E-state index contributed by atoms with van der Waals surface area (Å²) in [5.41, 5.74) is 1.48. The van der Waals surface area contributed by atoms with Crippen LogP contribution in [0.3, 0.4) is 0 Å². The van der Waals surface area contributed by atoms with Gasteiger partial charge in [-0.25, -0.2) is 9.78 Å². The van der Waals surface area contributed by atoms with E-state index < -0.39 is 31.3 Å². The van der Waals surface area contributed by atoms with Crippen LogP contribution in [0.1, 0.15) is 4.88 Å². The van der Waals surface area contributed by atoms with Crippen LogP contribution in [0.5, 0.6) is 0 Å². The lowest BCUT2D eigenvalue weighted by molar-refractivity contribution is -0.160. The van der Waals surface area contributed by atoms with Crippen LogP contribution in [0.15, 0.2) is 24.3 Å². The third-order valence-corrected chi connectivity index (χ3v) is 4.06. The number of anilines is 1. The first-order chi connectivity index (χ1) is 12.1. The number of carbonyl (C=O) groups is 2. The first kappa shape index (κ1) is 20.0. The molecule has 0 atom stereocenters. The average Bonchev–Trinajstić information content (AvgIpc) is 2.91. The third kappa shape index (κ3) is 6.19. The number of nitrogens with zero attached hydrogens (tertiary/aromatic N) is 1. The number of amides is 2. The Morgan fingerprint density at radius 3 is 2.54 bits per heavy atom. The summed E-state index contributed by atoms with van der Waals surface area (Å²) in [5, 5.41) is 5.26. The molecule has 0 saturated carbocycles. The quantitative estimate of drug-likeness (QED) is 0.785. The highest BCUT2D eigenvalue weighted by atomic mass is 35.5. The molecular formula is C15H13ClF3N3O3S. The molecule has 1 aromatic heterocycles. The highest BCUT2D eigenvalue weighted by Gasteiger charge is 2.29. The second-order valence-electron chi connectivity index (χ2n) is 5.02. The second kappa shape index (κ2) is 8.37. The number of hydrogen-bond acceptors (Lipinski definition) is 5. The summed E-state index contributed by atoms with van der Waals surface area (Å²) in [6, 6.07) is 7.00. The van der Waals surface area contributed by atoms with Crippen LogP contribution in [0.4, 0.5) is 23.1 Å². The lowest BCUT2D eigenvalue weighted by Crippen LogP contribution is -2.35. The maximum atomic E-state index is 11.9. The minimum absolute atomic E-state index is 0.294. The van der Waals surface area contributed by atoms with E-state index in [1.165, 1.54) is 11.3 Å². The largest absolute Gasteiger partial charge is 0.440 e. The highest BCUT2D eigenvalue weighted by Crippen LogP contribution is 2.30. The minimum atomic E-state index is -4.63. The van der Waals surface area contributed by atoms with Crippen LogP contribution in [0.25, 0.3) is 11.3 Å². The summed E-state index contributed by atoms with van der Waals surface area (Å²) in [4.78, 5) is 28.0. The molecule has 0 aliphatic carbocycles. The van der Waals surface area contributed by atoms with Crippen LogP contribution in [-0.2, 0) is 9.53 Å². The Morgan fingerprint density at radius 1 is 1.27 bits per heavy atom. The standard InChI is InChI=1S/C15H13ClF3N3O3S/c1-8-12(9-2-4-10(16)5-3-9)22-13(26-8)21-11(23)6-20-14(24)25-7-15(17,18)19/h2-5H,6-7H2,1H3,(H,20,24)(H,21,22,23). The number of alkyl halides is 3. The van der Waals surface area contributed by atoms with Gasteiger partial charge in [0.15, 0.2) is 11.7 Å². The zero-order valence-electron chi connectivity index (χ0n) is 13.3. The number of ether oxygens (including phenoxy) is 1. The van der Waals surface area contributed by atoms with Crippen molar-refractivity contribution in [3.8, 4) is 11.3 Å². The topological polar surface area (TPSA) is 80.3 Å². The van der Waals surface area contributed by atoms with Gasteiger partial charge in [-0.3, -0.25) is 4.79 Å². The number of aryl methyl sites for hydroxylation is 1. The number of benzene rings is 1. The fourth-order valence-electron chi connectivity index (χ4n) is 1.84. The molecular weight excluding hydrogens is 395 g/mol. The predicted octanol–water partition coefficient (Wildman–Crippen LogP) is 4.00. The van der Waals surface area contributed by atoms with Crippen LogP contribution >= 0.6 is 22.9 Å². The van der Waals surface area contributed by atoms with E-state index in [0.29, 0.717) is 15.8 Å². The van der Waals surface area contributed by atoms with Crippen molar-refractivity contribution in [3.63, 3.8) is 0 Å². The van der Waals surface area contributed by atoms with E-state index >= 15 is 0 Å². The van der Waals surface area contributed by atoms with Gasteiger partial charge in [-0.2, -0.15) is 13.2 Å². The van der Waals surface area contributed by atoms with Crippen LogP contribution < -0.4 is 10.6 Å². The molecule has 0 fully saturated rings. The van der Waals surface area contributed by atoms with Crippen molar-refractivity contribution in [1.82, 2.24) is 10.3 Å². The molecule has 0 aliphatic rings. The maximum Gasteiger partial charge on any atom is 0.422 e. The summed E-state index contributed by atoms with van der Waals surface area (Å²) < 4.78 is 39.6. The van der Waals surface area contributed by atoms with Crippen molar-refractivity contribution >= 4 is 40.1 Å². The number of hydrogen-bond donors (Lipinski definition) is 2. The Bertz CT molecular complexity index is 794. The van der Waals surface area contributed by atoms with Crippen molar-refractivity contribution < 1.29 is 27.5 Å². The minimum Gasteiger partial charge on any atom is -0.440 e. The van der Waals surface area contributed by atoms with E-state index in [9.17, 15) is 22.8 Å². The van der Waals surface area contributed by atoms with Crippen molar-refractivity contribution in [1.29, 1.82) is 0 Å². The number of halogens is 4. The average molecular weight is 408 g/mol. The van der Waals surface area contributed by atoms with Crippen molar-refractivity contribution in [3.05, 3.63) is 34.2 Å². The van der Waals surface area contributed by atoms with Gasteiger partial charge in [-0.1, -0.05) is 23.7 Å². The van der Waals surface area contributed by atoms with Gasteiger partial charge in [0.05, 0.1) is 5.69 Å². The predicted molar refractivity (Wildman–Crippen MR) is 91.3 cm³/mol. The molecule has 2 N–H and O–H groups in total. The molecule has 1 aromatic carbocycles. The van der Waals surface area contributed by atoms with Gasteiger partial charge >= 0.3 is 12.3 Å². The van der Waals surface area contributed by atoms with Crippen molar-refractivity contribution in [2.24, 2.45) is 0 Å². The number of nitrogens with one attached hydrogen (secondary N) is 2. The fourth-order valence-corrected chi connectivity index (χ4v) is 2.82. The summed E-state index contributed by atoms with van der Waals surface area (Å²) in [6.07, 6.45) is -5.97. The Hall–Kier alpha value is -2.33. The Balaban J connectivity index is 1.89. The third-order valence-electron chi connectivity index (χ3n) is 2.92. The number of thiazole rings is 1. The molecule has 140 valence electrons. The smallest absolute Gasteiger partial charge is 0.422 e. The number of alkyl carbamates (subject to hydrolysis) is 1. The van der Waals surface area contributed by atoms with Crippen LogP contribution in [0.2, 0.25) is 5.02 Å². The molecule has 0 radical (unpaired) electrons. The highest BCUT2D eigenvalue weighted by molar-refractivity contribution is 7.16. The monoisotopic (exact) mass is 407 g/mol. The van der Waals surface area contributed by atoms with E-state index in [1.807, 2.05) is 12.2 Å². The van der Waals surface area contributed by atoms with Gasteiger partial charge in [-0.05, 0) is 19.1 Å². The van der Waals surface area contributed by atoms with Gasteiger partial charge in [0, 0.05) is 15.5 Å². The normalized spacial score (nSPS) is 11.1. The lowest BCUT2D eigenvalue weighted by atomic mass is 10.1. The first-order valence-corrected chi connectivity index (χ1v) is 8.34. The van der Waals surface area contributed by atoms with E-state index in [2.05, 4.69) is 15.0 Å². The Labute approximate surface area is 155 Å². The molecule has 2 rings (SSSR count). The molecule has 6 nitrogen and oxygen atoms in total. The summed E-state index contributed by atoms with van der Waals surface area (Å²) in [5.74, 6) is -0.648. The lowest BCUT2D eigenvalue weighted by Gasteiger charge is -2.08. The zero-order chi connectivity index (χ0) is 19.3. The fraction of sp³-hybridized carbons (Fsp3) is 0.267. The number of rotatable bonds is 5. The Morgan fingerprint density at radius 2 is 1.92 bits per heavy atom. The SMILES string of the molecule is Cc1sc(NC(=O)CNC(=O)OCC(F)(F)F)nc1-c1ccc(Cl)cc1. The number of aromatic nitrogens is 1. The Kier molecular flexibility index (Phi) is 6.43. The molecule has 1 heterocycles. The molecule has 0 aliphatic heterocycles. The van der Waals surface area contributed by atoms with E-state index in [4.69, 9.17) is 11.6 Å². The molecule has 26 heavy (non-hydrogen) atoms. The van der Waals surface area contributed by atoms with Crippen LogP contribution in [0, 0.1) is 6.92 Å². The van der Waals surface area contributed by atoms with Gasteiger partial charge < -0.3 is 15.4 Å². The number of carbonyl (C=O) groups excluding carboxylic acids is 2. The molecule has 2 amide bonds. The molecule has 0 unspecified atom stereocenters. The van der Waals surface area contributed by atoms with Gasteiger partial charge in [0.25, 0.3) is 0 Å².